The number of amides is 2. The number of anilines is 2. The molecule has 7 nitrogen and oxygen atoms in total. The normalized spacial score (nSPS) is 14.1. The van der Waals surface area contributed by atoms with E-state index in [2.05, 4.69) is 10.4 Å². The SMILES string of the molecule is CCOc1cc(/C=C2\C(=O)N(c3ccccc3)N=C2C)ccc1OCC(=O)Nc1ccc(Cl)c(Cl)c1. The highest BCUT2D eigenvalue weighted by molar-refractivity contribution is 6.42. The zero-order chi connectivity index (χ0) is 25.7. The summed E-state index contributed by atoms with van der Waals surface area (Å²) < 4.78 is 11.4. The van der Waals surface area contributed by atoms with Gasteiger partial charge in [-0.2, -0.15) is 10.1 Å². The third kappa shape index (κ3) is 5.87. The lowest BCUT2D eigenvalue weighted by molar-refractivity contribution is -0.118. The van der Waals surface area contributed by atoms with E-state index in [4.69, 9.17) is 32.7 Å². The van der Waals surface area contributed by atoms with Gasteiger partial charge < -0.3 is 14.8 Å². The fraction of sp³-hybridized carbons (Fsp3) is 0.148. The molecule has 2 amide bonds. The van der Waals surface area contributed by atoms with Gasteiger partial charge in [-0.25, -0.2) is 0 Å². The van der Waals surface area contributed by atoms with Crippen LogP contribution >= 0.6 is 23.2 Å². The van der Waals surface area contributed by atoms with Crippen molar-refractivity contribution in [2.45, 2.75) is 13.8 Å². The van der Waals surface area contributed by atoms with Crippen molar-refractivity contribution in [2.24, 2.45) is 5.10 Å². The highest BCUT2D eigenvalue weighted by Crippen LogP contribution is 2.31. The Kier molecular flexibility index (Phi) is 7.93. The molecule has 4 rings (SSSR count). The molecule has 184 valence electrons. The predicted octanol–water partition coefficient (Wildman–Crippen LogP) is 6.22. The predicted molar refractivity (Wildman–Crippen MR) is 143 cm³/mol. The first-order valence-electron chi connectivity index (χ1n) is 11.2. The van der Waals surface area contributed by atoms with E-state index in [1.807, 2.05) is 37.3 Å². The van der Waals surface area contributed by atoms with Crippen molar-refractivity contribution in [3.05, 3.63) is 87.9 Å². The molecule has 0 unspecified atom stereocenters. The quantitative estimate of drug-likeness (QED) is 0.355. The molecule has 1 aliphatic heterocycles. The average Bonchev–Trinajstić information content (AvgIpc) is 3.15. The summed E-state index contributed by atoms with van der Waals surface area (Å²) in [4.78, 5) is 25.3. The lowest BCUT2D eigenvalue weighted by atomic mass is 10.1. The smallest absolute Gasteiger partial charge is 0.280 e. The number of rotatable bonds is 8. The number of ether oxygens (including phenoxy) is 2. The molecule has 1 aliphatic rings. The minimum atomic E-state index is -0.369. The summed E-state index contributed by atoms with van der Waals surface area (Å²) in [6.45, 7) is 3.80. The Hall–Kier alpha value is -3.81. The molecule has 36 heavy (non-hydrogen) atoms. The second kappa shape index (κ2) is 11.3. The van der Waals surface area contributed by atoms with Crippen molar-refractivity contribution in [2.75, 3.05) is 23.5 Å². The molecule has 0 aliphatic carbocycles. The van der Waals surface area contributed by atoms with Crippen LogP contribution in [0.4, 0.5) is 11.4 Å². The van der Waals surface area contributed by atoms with Crippen LogP contribution in [0.5, 0.6) is 11.5 Å². The zero-order valence-electron chi connectivity index (χ0n) is 19.6. The first-order chi connectivity index (χ1) is 17.4. The fourth-order valence-corrected chi connectivity index (χ4v) is 3.81. The van der Waals surface area contributed by atoms with Crippen LogP contribution in [0.25, 0.3) is 6.08 Å². The minimum absolute atomic E-state index is 0.212. The van der Waals surface area contributed by atoms with E-state index in [0.717, 1.165) is 5.56 Å². The number of para-hydroxylation sites is 1. The third-order valence-electron chi connectivity index (χ3n) is 5.20. The highest BCUT2D eigenvalue weighted by Gasteiger charge is 2.28. The van der Waals surface area contributed by atoms with Gasteiger partial charge >= 0.3 is 0 Å². The molecule has 1 heterocycles. The van der Waals surface area contributed by atoms with Gasteiger partial charge in [0.15, 0.2) is 18.1 Å². The number of hydrogen-bond donors (Lipinski definition) is 1. The molecule has 0 spiro atoms. The van der Waals surface area contributed by atoms with Crippen LogP contribution in [-0.4, -0.2) is 30.7 Å². The van der Waals surface area contributed by atoms with E-state index in [-0.39, 0.29) is 18.4 Å². The Labute approximate surface area is 218 Å². The van der Waals surface area contributed by atoms with Crippen molar-refractivity contribution in [3.63, 3.8) is 0 Å². The lowest BCUT2D eigenvalue weighted by Gasteiger charge is -2.13. The van der Waals surface area contributed by atoms with Gasteiger partial charge in [0.05, 0.1) is 33.6 Å². The van der Waals surface area contributed by atoms with E-state index in [1.165, 1.54) is 5.01 Å². The van der Waals surface area contributed by atoms with Crippen molar-refractivity contribution < 1.29 is 19.1 Å². The van der Waals surface area contributed by atoms with E-state index in [9.17, 15) is 9.59 Å². The van der Waals surface area contributed by atoms with Gasteiger partial charge in [0, 0.05) is 5.69 Å². The topological polar surface area (TPSA) is 80.2 Å². The van der Waals surface area contributed by atoms with Crippen LogP contribution in [-0.2, 0) is 9.59 Å². The fourth-order valence-electron chi connectivity index (χ4n) is 3.51. The second-order valence-corrected chi connectivity index (χ2v) is 8.62. The summed E-state index contributed by atoms with van der Waals surface area (Å²) in [5.41, 5.74) is 3.03. The molecule has 3 aromatic rings. The minimum Gasteiger partial charge on any atom is -0.490 e. The number of hydrazone groups is 1. The number of halogens is 2. The number of benzene rings is 3. The summed E-state index contributed by atoms with van der Waals surface area (Å²) in [6, 6.07) is 19.3. The number of nitrogens with one attached hydrogen (secondary N) is 1. The molecule has 0 saturated heterocycles. The number of hydrogen-bond acceptors (Lipinski definition) is 5. The second-order valence-electron chi connectivity index (χ2n) is 7.80. The van der Waals surface area contributed by atoms with E-state index in [1.54, 1.807) is 49.4 Å². The van der Waals surface area contributed by atoms with Crippen LogP contribution in [0, 0.1) is 0 Å². The van der Waals surface area contributed by atoms with Crippen LogP contribution in [0.3, 0.4) is 0 Å². The average molecular weight is 524 g/mol. The van der Waals surface area contributed by atoms with Gasteiger partial charge in [0.25, 0.3) is 11.8 Å². The first kappa shape index (κ1) is 25.3. The Morgan fingerprint density at radius 1 is 1.00 bits per heavy atom. The summed E-state index contributed by atoms with van der Waals surface area (Å²) in [5, 5.41) is 9.23. The van der Waals surface area contributed by atoms with Crippen molar-refractivity contribution in [3.8, 4) is 11.5 Å². The van der Waals surface area contributed by atoms with E-state index in [0.29, 0.717) is 50.8 Å². The van der Waals surface area contributed by atoms with Crippen LogP contribution in [0.2, 0.25) is 10.0 Å². The van der Waals surface area contributed by atoms with Crippen molar-refractivity contribution in [1.82, 2.24) is 0 Å². The Bertz CT molecular complexity index is 1360. The molecule has 0 fully saturated rings. The molecule has 1 N–H and O–H groups in total. The summed E-state index contributed by atoms with van der Waals surface area (Å²) in [7, 11) is 0. The summed E-state index contributed by atoms with van der Waals surface area (Å²) in [6.07, 6.45) is 1.76. The number of nitrogens with zero attached hydrogens (tertiary/aromatic N) is 2. The molecule has 0 bridgehead atoms. The Balaban J connectivity index is 1.47. The van der Waals surface area contributed by atoms with Crippen molar-refractivity contribution in [1.29, 1.82) is 0 Å². The van der Waals surface area contributed by atoms with Crippen molar-refractivity contribution >= 4 is 58.2 Å². The standard InChI is InChI=1S/C27H23Cl2N3O4/c1-3-35-25-14-18(13-21-17(2)31-32(27(21)34)20-7-5-4-6-8-20)9-12-24(25)36-16-26(33)30-19-10-11-22(28)23(29)15-19/h4-15H,3,16H2,1-2H3,(H,30,33)/b21-13-. The van der Waals surface area contributed by atoms with Crippen LogP contribution in [0.15, 0.2) is 77.4 Å². The maximum absolute atomic E-state index is 13.0. The number of carbonyl (C=O) groups is 2. The zero-order valence-corrected chi connectivity index (χ0v) is 21.1. The molecule has 0 atom stereocenters. The van der Waals surface area contributed by atoms with Gasteiger partial charge in [0.1, 0.15) is 0 Å². The molecular weight excluding hydrogens is 501 g/mol. The molecule has 0 radical (unpaired) electrons. The maximum atomic E-state index is 13.0. The van der Waals surface area contributed by atoms with E-state index >= 15 is 0 Å². The summed E-state index contributed by atoms with van der Waals surface area (Å²) in [5.74, 6) is 0.272. The Morgan fingerprint density at radius 2 is 1.78 bits per heavy atom. The third-order valence-corrected chi connectivity index (χ3v) is 5.94. The summed E-state index contributed by atoms with van der Waals surface area (Å²) >= 11 is 11.9. The first-order valence-corrected chi connectivity index (χ1v) is 11.9. The molecule has 0 saturated carbocycles. The van der Waals surface area contributed by atoms with Gasteiger partial charge in [-0.15, -0.1) is 0 Å². The van der Waals surface area contributed by atoms with Gasteiger partial charge in [-0.3, -0.25) is 9.59 Å². The number of carbonyl (C=O) groups excluding carboxylic acids is 2. The molecule has 3 aromatic carbocycles. The van der Waals surface area contributed by atoms with E-state index < -0.39 is 0 Å². The van der Waals surface area contributed by atoms with Crippen LogP contribution in [0.1, 0.15) is 19.4 Å². The lowest BCUT2D eigenvalue weighted by Crippen LogP contribution is -2.21. The maximum Gasteiger partial charge on any atom is 0.280 e. The largest absolute Gasteiger partial charge is 0.490 e. The van der Waals surface area contributed by atoms with Crippen LogP contribution < -0.4 is 19.8 Å². The Morgan fingerprint density at radius 3 is 2.50 bits per heavy atom. The monoisotopic (exact) mass is 523 g/mol. The van der Waals surface area contributed by atoms with Gasteiger partial charge in [0.2, 0.25) is 0 Å². The highest BCUT2D eigenvalue weighted by atomic mass is 35.5. The molecule has 9 heteroatoms. The molecular formula is C27H23Cl2N3O4. The van der Waals surface area contributed by atoms with Gasteiger partial charge in [-0.1, -0.05) is 47.5 Å². The van der Waals surface area contributed by atoms with Gasteiger partial charge in [-0.05, 0) is 68.0 Å². The molecule has 0 aromatic heterocycles.